The highest BCUT2D eigenvalue weighted by molar-refractivity contribution is 7.89. The van der Waals surface area contributed by atoms with Crippen molar-refractivity contribution >= 4 is 15.9 Å². The molecule has 1 saturated heterocycles. The predicted octanol–water partition coefficient (Wildman–Crippen LogP) is 1.38. The number of piperazine rings is 1. The third kappa shape index (κ3) is 3.24. The summed E-state index contributed by atoms with van der Waals surface area (Å²) >= 11 is 0. The molecule has 116 valence electrons. The van der Waals surface area contributed by atoms with Crippen LogP contribution in [0.5, 0.6) is 0 Å². The van der Waals surface area contributed by atoms with Crippen LogP contribution in [0.2, 0.25) is 0 Å². The van der Waals surface area contributed by atoms with Crippen LogP contribution in [0.3, 0.4) is 0 Å². The first-order chi connectivity index (χ1) is 9.86. The monoisotopic (exact) mass is 314 g/mol. The van der Waals surface area contributed by atoms with Gasteiger partial charge in [0.1, 0.15) is 5.82 Å². The van der Waals surface area contributed by atoms with E-state index < -0.39 is 15.8 Å². The molecule has 0 bridgehead atoms. The Kier molecular flexibility index (Phi) is 4.63. The summed E-state index contributed by atoms with van der Waals surface area (Å²) < 4.78 is 39.6. The molecular weight excluding hydrogens is 295 g/mol. The van der Waals surface area contributed by atoms with Gasteiger partial charge in [0.15, 0.2) is 0 Å². The first kappa shape index (κ1) is 15.9. The summed E-state index contributed by atoms with van der Waals surface area (Å²) in [6.45, 7) is 4.69. The number of carbonyl (C=O) groups excluding carboxylic acids is 1. The van der Waals surface area contributed by atoms with Gasteiger partial charge in [0.2, 0.25) is 15.9 Å². The van der Waals surface area contributed by atoms with E-state index in [-0.39, 0.29) is 23.9 Å². The average Bonchev–Trinajstić information content (AvgIpc) is 2.46. The first-order valence-corrected chi connectivity index (χ1v) is 8.34. The van der Waals surface area contributed by atoms with E-state index in [0.717, 1.165) is 6.07 Å². The second-order valence-electron chi connectivity index (χ2n) is 5.05. The molecule has 5 nitrogen and oxygen atoms in total. The van der Waals surface area contributed by atoms with E-state index in [0.29, 0.717) is 25.1 Å². The Morgan fingerprint density at radius 1 is 1.24 bits per heavy atom. The Morgan fingerprint density at radius 2 is 1.86 bits per heavy atom. The molecule has 0 radical (unpaired) electrons. The van der Waals surface area contributed by atoms with Crippen LogP contribution in [-0.4, -0.2) is 49.7 Å². The van der Waals surface area contributed by atoms with Gasteiger partial charge in [-0.2, -0.15) is 4.31 Å². The zero-order chi connectivity index (χ0) is 15.6. The summed E-state index contributed by atoms with van der Waals surface area (Å²) in [5, 5.41) is 0. The first-order valence-electron chi connectivity index (χ1n) is 6.90. The topological polar surface area (TPSA) is 57.7 Å². The number of amides is 1. The van der Waals surface area contributed by atoms with E-state index >= 15 is 0 Å². The van der Waals surface area contributed by atoms with Gasteiger partial charge in [-0.15, -0.1) is 0 Å². The second kappa shape index (κ2) is 6.11. The van der Waals surface area contributed by atoms with E-state index in [2.05, 4.69) is 0 Å². The molecule has 0 N–H and O–H groups in total. The lowest BCUT2D eigenvalue weighted by Gasteiger charge is -2.34. The lowest BCUT2D eigenvalue weighted by Crippen LogP contribution is -2.50. The Labute approximate surface area is 124 Å². The highest BCUT2D eigenvalue weighted by atomic mass is 32.2. The minimum absolute atomic E-state index is 0.0324. The van der Waals surface area contributed by atoms with Gasteiger partial charge in [-0.3, -0.25) is 4.79 Å². The minimum Gasteiger partial charge on any atom is -0.340 e. The lowest BCUT2D eigenvalue weighted by molar-refractivity contribution is -0.132. The molecule has 0 saturated carbocycles. The van der Waals surface area contributed by atoms with E-state index in [4.69, 9.17) is 0 Å². The Balaban J connectivity index is 2.17. The van der Waals surface area contributed by atoms with Crippen LogP contribution in [0.15, 0.2) is 23.1 Å². The number of benzene rings is 1. The molecule has 7 heteroatoms. The molecule has 0 aliphatic carbocycles. The van der Waals surface area contributed by atoms with Gasteiger partial charge < -0.3 is 4.90 Å². The summed E-state index contributed by atoms with van der Waals surface area (Å²) in [7, 11) is -3.64. The molecule has 1 amide bonds. The molecule has 1 heterocycles. The van der Waals surface area contributed by atoms with E-state index in [1.165, 1.54) is 16.4 Å². The van der Waals surface area contributed by atoms with Crippen LogP contribution in [0.25, 0.3) is 0 Å². The standard InChI is InChI=1S/C14H19FN2O3S/c1-3-14(18)16-6-8-17(9-7-16)21(19,20)13-5-4-12(15)10-11(13)2/h4-5,10H,3,6-9H2,1-2H3. The van der Waals surface area contributed by atoms with Crippen molar-refractivity contribution in [3.05, 3.63) is 29.6 Å². The minimum atomic E-state index is -3.64. The number of sulfonamides is 1. The molecule has 0 aromatic heterocycles. The lowest BCUT2D eigenvalue weighted by atomic mass is 10.2. The fraction of sp³-hybridized carbons (Fsp3) is 0.500. The number of hydrogen-bond acceptors (Lipinski definition) is 3. The van der Waals surface area contributed by atoms with Crippen molar-refractivity contribution in [3.8, 4) is 0 Å². The van der Waals surface area contributed by atoms with Crippen LogP contribution >= 0.6 is 0 Å². The summed E-state index contributed by atoms with van der Waals surface area (Å²) in [4.78, 5) is 13.4. The summed E-state index contributed by atoms with van der Waals surface area (Å²) in [6, 6.07) is 3.66. The number of carbonyl (C=O) groups is 1. The van der Waals surface area contributed by atoms with Crippen LogP contribution in [-0.2, 0) is 14.8 Å². The van der Waals surface area contributed by atoms with Gasteiger partial charge in [0.05, 0.1) is 4.90 Å². The van der Waals surface area contributed by atoms with E-state index in [1.54, 1.807) is 18.7 Å². The zero-order valence-corrected chi connectivity index (χ0v) is 13.0. The van der Waals surface area contributed by atoms with Gasteiger partial charge in [-0.25, -0.2) is 12.8 Å². The SMILES string of the molecule is CCC(=O)N1CCN(S(=O)(=O)c2ccc(F)cc2C)CC1. The van der Waals surface area contributed by atoms with Crippen molar-refractivity contribution in [2.75, 3.05) is 26.2 Å². The van der Waals surface area contributed by atoms with Gasteiger partial charge in [-0.1, -0.05) is 6.92 Å². The molecule has 1 aliphatic heterocycles. The van der Waals surface area contributed by atoms with Gasteiger partial charge in [-0.05, 0) is 30.7 Å². The third-order valence-corrected chi connectivity index (χ3v) is 5.71. The van der Waals surface area contributed by atoms with Crippen molar-refractivity contribution in [2.45, 2.75) is 25.2 Å². The van der Waals surface area contributed by atoms with E-state index in [9.17, 15) is 17.6 Å². The maximum absolute atomic E-state index is 13.1. The predicted molar refractivity (Wildman–Crippen MR) is 76.8 cm³/mol. The molecule has 1 aromatic carbocycles. The number of aryl methyl sites for hydroxylation is 1. The summed E-state index contributed by atoms with van der Waals surface area (Å²) in [5.74, 6) is -0.421. The smallest absolute Gasteiger partial charge is 0.243 e. The van der Waals surface area contributed by atoms with Crippen molar-refractivity contribution in [2.24, 2.45) is 0 Å². The average molecular weight is 314 g/mol. The van der Waals surface area contributed by atoms with Crippen molar-refractivity contribution < 1.29 is 17.6 Å². The number of nitrogens with zero attached hydrogens (tertiary/aromatic N) is 2. The molecule has 1 fully saturated rings. The highest BCUT2D eigenvalue weighted by Crippen LogP contribution is 2.22. The summed E-state index contributed by atoms with van der Waals surface area (Å²) in [5.41, 5.74) is 0.391. The van der Waals surface area contributed by atoms with Crippen molar-refractivity contribution in [3.63, 3.8) is 0 Å². The van der Waals surface area contributed by atoms with Crippen LogP contribution in [0.1, 0.15) is 18.9 Å². The quantitative estimate of drug-likeness (QED) is 0.847. The molecular formula is C14H19FN2O3S. The van der Waals surface area contributed by atoms with Crippen LogP contribution in [0.4, 0.5) is 4.39 Å². The maximum atomic E-state index is 13.1. The largest absolute Gasteiger partial charge is 0.340 e. The fourth-order valence-electron chi connectivity index (χ4n) is 2.44. The number of hydrogen-bond donors (Lipinski definition) is 0. The van der Waals surface area contributed by atoms with Gasteiger partial charge >= 0.3 is 0 Å². The molecule has 1 aromatic rings. The molecule has 0 spiro atoms. The van der Waals surface area contributed by atoms with Crippen LogP contribution < -0.4 is 0 Å². The number of rotatable bonds is 3. The molecule has 0 unspecified atom stereocenters. The molecule has 0 atom stereocenters. The normalized spacial score (nSPS) is 17.0. The van der Waals surface area contributed by atoms with Crippen molar-refractivity contribution in [1.82, 2.24) is 9.21 Å². The summed E-state index contributed by atoms with van der Waals surface area (Å²) in [6.07, 6.45) is 0.420. The molecule has 1 aliphatic rings. The van der Waals surface area contributed by atoms with Gasteiger partial charge in [0.25, 0.3) is 0 Å². The third-order valence-electron chi connectivity index (χ3n) is 3.65. The van der Waals surface area contributed by atoms with E-state index in [1.807, 2.05) is 0 Å². The van der Waals surface area contributed by atoms with Gasteiger partial charge in [0, 0.05) is 32.6 Å². The molecule has 2 rings (SSSR count). The Hall–Kier alpha value is -1.47. The van der Waals surface area contributed by atoms with Crippen molar-refractivity contribution in [1.29, 1.82) is 0 Å². The molecule has 21 heavy (non-hydrogen) atoms. The second-order valence-corrected chi connectivity index (χ2v) is 6.95. The van der Waals surface area contributed by atoms with Crippen LogP contribution in [0, 0.1) is 12.7 Å². The highest BCUT2D eigenvalue weighted by Gasteiger charge is 2.30. The Morgan fingerprint density at radius 3 is 2.38 bits per heavy atom. The Bertz CT molecular complexity index is 638. The number of halogens is 1. The fourth-order valence-corrected chi connectivity index (χ4v) is 4.07. The zero-order valence-electron chi connectivity index (χ0n) is 12.2. The maximum Gasteiger partial charge on any atom is 0.243 e.